The smallest absolute Gasteiger partial charge is 0.270 e. The molecular formula is C28H26N2O4. The zero-order valence-electron chi connectivity index (χ0n) is 19.4. The zero-order chi connectivity index (χ0) is 24.1. The highest BCUT2D eigenvalue weighted by atomic mass is 16.6. The highest BCUT2D eigenvalue weighted by molar-refractivity contribution is 5.74. The van der Waals surface area contributed by atoms with Crippen LogP contribution in [-0.2, 0) is 12.0 Å². The zero-order valence-corrected chi connectivity index (χ0v) is 19.4. The molecule has 1 atom stereocenters. The highest BCUT2D eigenvalue weighted by Crippen LogP contribution is 2.56. The largest absolute Gasteiger partial charge is 0.497 e. The fraction of sp³-hybridized carbons (Fsp3) is 0.214. The molecule has 1 unspecified atom stereocenters. The number of nitro benzene ring substituents is 1. The van der Waals surface area contributed by atoms with Crippen molar-refractivity contribution in [2.45, 2.75) is 31.5 Å². The number of nitro groups is 1. The van der Waals surface area contributed by atoms with Gasteiger partial charge in [0.05, 0.1) is 17.4 Å². The summed E-state index contributed by atoms with van der Waals surface area (Å²) < 4.78 is 12.3. The predicted molar refractivity (Wildman–Crippen MR) is 134 cm³/mol. The van der Waals surface area contributed by atoms with Crippen LogP contribution in [0.4, 0.5) is 11.4 Å². The molecule has 2 aliphatic rings. The Hall–Kier alpha value is -4.06. The molecule has 34 heavy (non-hydrogen) atoms. The van der Waals surface area contributed by atoms with E-state index in [9.17, 15) is 10.1 Å². The molecule has 2 heterocycles. The van der Waals surface area contributed by atoms with Crippen LogP contribution in [0.1, 0.15) is 36.1 Å². The molecule has 0 amide bonds. The third kappa shape index (κ3) is 3.17. The number of anilines is 1. The van der Waals surface area contributed by atoms with E-state index in [-0.39, 0.29) is 10.6 Å². The lowest BCUT2D eigenvalue weighted by molar-refractivity contribution is -0.384. The summed E-state index contributed by atoms with van der Waals surface area (Å²) in [7, 11) is 1.67. The lowest BCUT2D eigenvalue weighted by Crippen LogP contribution is -2.59. The van der Waals surface area contributed by atoms with E-state index in [0.29, 0.717) is 17.9 Å². The molecule has 0 saturated carbocycles. The van der Waals surface area contributed by atoms with E-state index in [1.54, 1.807) is 19.2 Å². The molecular weight excluding hydrogens is 428 g/mol. The van der Waals surface area contributed by atoms with Crippen molar-refractivity contribution >= 4 is 23.5 Å². The second-order valence-electron chi connectivity index (χ2n) is 9.15. The molecule has 0 fully saturated rings. The lowest BCUT2D eigenvalue weighted by Gasteiger charge is -2.47. The van der Waals surface area contributed by atoms with Crippen molar-refractivity contribution in [2.75, 3.05) is 12.0 Å². The number of fused-ring (bicyclic) bond motifs is 2. The van der Waals surface area contributed by atoms with Gasteiger partial charge in [-0.3, -0.25) is 10.1 Å². The third-order valence-corrected chi connectivity index (χ3v) is 6.98. The summed E-state index contributed by atoms with van der Waals surface area (Å²) in [6.45, 7) is 8.78. The summed E-state index contributed by atoms with van der Waals surface area (Å²) in [6.07, 6.45) is 5.79. The first-order chi connectivity index (χ1) is 16.3. The molecule has 3 aromatic rings. The Kier molecular flexibility index (Phi) is 4.97. The Bertz CT molecular complexity index is 1330. The summed E-state index contributed by atoms with van der Waals surface area (Å²) in [5, 5.41) is 11.3. The topological polar surface area (TPSA) is 64.8 Å². The molecule has 3 aromatic carbocycles. The molecule has 6 heteroatoms. The van der Waals surface area contributed by atoms with Gasteiger partial charge in [-0.1, -0.05) is 36.9 Å². The van der Waals surface area contributed by atoms with E-state index < -0.39 is 11.1 Å². The highest BCUT2D eigenvalue weighted by Gasteiger charge is 2.59. The van der Waals surface area contributed by atoms with E-state index in [2.05, 4.69) is 61.7 Å². The minimum atomic E-state index is -0.831. The molecule has 2 aliphatic heterocycles. The number of benzene rings is 3. The Morgan fingerprint density at radius 2 is 1.88 bits per heavy atom. The van der Waals surface area contributed by atoms with Gasteiger partial charge < -0.3 is 14.4 Å². The van der Waals surface area contributed by atoms with Crippen molar-refractivity contribution in [2.24, 2.45) is 0 Å². The molecule has 6 nitrogen and oxygen atoms in total. The summed E-state index contributed by atoms with van der Waals surface area (Å²) in [6, 6.07) is 19.1. The molecule has 0 aliphatic carbocycles. The van der Waals surface area contributed by atoms with Crippen LogP contribution in [0, 0.1) is 10.1 Å². The van der Waals surface area contributed by atoms with Gasteiger partial charge in [-0.2, -0.15) is 0 Å². The van der Waals surface area contributed by atoms with Crippen LogP contribution >= 0.6 is 0 Å². The number of nitrogens with zero attached hydrogens (tertiary/aromatic N) is 2. The van der Waals surface area contributed by atoms with Crippen LogP contribution in [0.3, 0.4) is 0 Å². The second-order valence-corrected chi connectivity index (χ2v) is 9.15. The van der Waals surface area contributed by atoms with Crippen LogP contribution in [-0.4, -0.2) is 17.8 Å². The number of ether oxygens (including phenoxy) is 2. The van der Waals surface area contributed by atoms with Crippen molar-refractivity contribution < 1.29 is 14.4 Å². The average Bonchev–Trinajstić information content (AvgIpc) is 3.02. The fourth-order valence-corrected chi connectivity index (χ4v) is 4.99. The van der Waals surface area contributed by atoms with Crippen LogP contribution in [0.2, 0.25) is 0 Å². The summed E-state index contributed by atoms with van der Waals surface area (Å²) in [5.74, 6) is 1.41. The third-order valence-electron chi connectivity index (χ3n) is 6.98. The van der Waals surface area contributed by atoms with Crippen LogP contribution in [0.15, 0.2) is 73.3 Å². The van der Waals surface area contributed by atoms with Crippen molar-refractivity contribution in [3.05, 3.63) is 106 Å². The van der Waals surface area contributed by atoms with Crippen LogP contribution < -0.4 is 14.4 Å². The molecule has 0 aromatic heterocycles. The SMILES string of the molecule is C=Cc1ccc(CN2c3ccc(OC)cc3C(C)(C)C23C=Cc2cc([N+](=O)[O-])ccc2O3)cc1. The molecule has 172 valence electrons. The number of methoxy groups -OCH3 is 1. The standard InChI is InChI=1S/C28H26N2O4/c1-5-19-6-8-20(9-7-19)18-29-25-12-11-23(33-4)17-24(25)27(2,3)28(29)15-14-21-16-22(30(31)32)10-13-26(21)34-28/h5-17H,1,18H2,2-4H3. The maximum Gasteiger partial charge on any atom is 0.270 e. The van der Waals surface area contributed by atoms with Gasteiger partial charge in [-0.15, -0.1) is 0 Å². The van der Waals surface area contributed by atoms with Gasteiger partial charge in [0, 0.05) is 29.9 Å². The Morgan fingerprint density at radius 3 is 2.56 bits per heavy atom. The normalized spacial score (nSPS) is 19.3. The number of hydrogen-bond acceptors (Lipinski definition) is 5. The van der Waals surface area contributed by atoms with E-state index in [4.69, 9.17) is 9.47 Å². The van der Waals surface area contributed by atoms with Crippen molar-refractivity contribution in [3.63, 3.8) is 0 Å². The minimum Gasteiger partial charge on any atom is -0.497 e. The van der Waals surface area contributed by atoms with E-state index >= 15 is 0 Å². The summed E-state index contributed by atoms with van der Waals surface area (Å²) >= 11 is 0. The van der Waals surface area contributed by atoms with Crippen molar-refractivity contribution in [1.29, 1.82) is 0 Å². The predicted octanol–water partition coefficient (Wildman–Crippen LogP) is 6.35. The minimum absolute atomic E-state index is 0.0424. The van der Waals surface area contributed by atoms with Gasteiger partial charge in [-0.25, -0.2) is 0 Å². The van der Waals surface area contributed by atoms with Gasteiger partial charge in [-0.05, 0) is 67.0 Å². The molecule has 0 bridgehead atoms. The Balaban J connectivity index is 1.64. The molecule has 0 radical (unpaired) electrons. The maximum absolute atomic E-state index is 11.3. The average molecular weight is 455 g/mol. The van der Waals surface area contributed by atoms with Gasteiger partial charge in [0.2, 0.25) is 5.72 Å². The Labute approximate surface area is 198 Å². The first-order valence-corrected chi connectivity index (χ1v) is 11.1. The molecule has 1 spiro atoms. The van der Waals surface area contributed by atoms with Crippen molar-refractivity contribution in [3.8, 4) is 11.5 Å². The summed E-state index contributed by atoms with van der Waals surface area (Å²) in [5.41, 5.74) is 3.83. The quantitative estimate of drug-likeness (QED) is 0.332. The van der Waals surface area contributed by atoms with Gasteiger partial charge in [0.1, 0.15) is 11.5 Å². The second kappa shape index (κ2) is 7.76. The van der Waals surface area contributed by atoms with E-state index in [0.717, 1.165) is 28.1 Å². The van der Waals surface area contributed by atoms with Gasteiger partial charge in [0.15, 0.2) is 0 Å². The number of hydrogen-bond donors (Lipinski definition) is 0. The molecule has 0 saturated heterocycles. The van der Waals surface area contributed by atoms with E-state index in [1.165, 1.54) is 6.07 Å². The van der Waals surface area contributed by atoms with E-state index in [1.807, 2.05) is 24.3 Å². The first kappa shape index (κ1) is 21.8. The van der Waals surface area contributed by atoms with Crippen molar-refractivity contribution in [1.82, 2.24) is 0 Å². The monoisotopic (exact) mass is 454 g/mol. The van der Waals surface area contributed by atoms with Gasteiger partial charge in [0.25, 0.3) is 5.69 Å². The first-order valence-electron chi connectivity index (χ1n) is 11.1. The molecule has 5 rings (SSSR count). The number of rotatable bonds is 5. The van der Waals surface area contributed by atoms with Gasteiger partial charge >= 0.3 is 0 Å². The maximum atomic E-state index is 11.3. The summed E-state index contributed by atoms with van der Waals surface area (Å²) in [4.78, 5) is 13.1. The molecule has 0 N–H and O–H groups in total. The lowest BCUT2D eigenvalue weighted by atomic mass is 9.76. The Morgan fingerprint density at radius 1 is 1.12 bits per heavy atom. The van der Waals surface area contributed by atoms with Crippen LogP contribution in [0.5, 0.6) is 11.5 Å². The number of non-ortho nitro benzene ring substituents is 1. The van der Waals surface area contributed by atoms with Crippen LogP contribution in [0.25, 0.3) is 12.2 Å². The fourth-order valence-electron chi connectivity index (χ4n) is 4.99.